The molecule has 0 saturated carbocycles. The van der Waals surface area contributed by atoms with Crippen LogP contribution in [0.15, 0.2) is 0 Å². The monoisotopic (exact) mass is 202 g/mol. The summed E-state index contributed by atoms with van der Waals surface area (Å²) < 4.78 is 5.27. The van der Waals surface area contributed by atoms with E-state index in [2.05, 4.69) is 0 Å². The lowest BCUT2D eigenvalue weighted by molar-refractivity contribution is 0.367. The molecular weight excluding hydrogens is 195 g/mol. The van der Waals surface area contributed by atoms with Gasteiger partial charge in [-0.1, -0.05) is 0 Å². The van der Waals surface area contributed by atoms with Crippen LogP contribution in [0.4, 0.5) is 0 Å². The van der Waals surface area contributed by atoms with Gasteiger partial charge in [0.05, 0.1) is 0 Å². The van der Waals surface area contributed by atoms with Gasteiger partial charge < -0.3 is 4.43 Å². The summed E-state index contributed by atoms with van der Waals surface area (Å²) in [6.45, 7) is 0.919. The maximum atomic E-state index is 5.99. The predicted molar refractivity (Wildman–Crippen MR) is 45.3 cm³/mol. The van der Waals surface area contributed by atoms with Crippen molar-refractivity contribution in [1.29, 1.82) is 0 Å². The Balaban J connectivity index is 2.28. The first-order valence-electron chi connectivity index (χ1n) is 2.66. The molecule has 0 N–H and O–H groups in total. The lowest BCUT2D eigenvalue weighted by Gasteiger charge is -2.17. The zero-order valence-electron chi connectivity index (χ0n) is 4.44. The van der Waals surface area contributed by atoms with Gasteiger partial charge in [0.25, 0.3) is 0 Å². The molecule has 1 aliphatic rings. The van der Waals surface area contributed by atoms with E-state index in [0.29, 0.717) is 0 Å². The lowest BCUT2D eigenvalue weighted by Crippen LogP contribution is -2.39. The van der Waals surface area contributed by atoms with Gasteiger partial charge in [-0.05, 0) is 6.04 Å². The van der Waals surface area contributed by atoms with Crippen molar-refractivity contribution in [3.8, 4) is 0 Å². The van der Waals surface area contributed by atoms with Gasteiger partial charge in [0, 0.05) is 6.61 Å². The predicted octanol–water partition coefficient (Wildman–Crippen LogP) is -0.399. The molecule has 0 aromatic rings. The standard InChI is InChI=1S/C2H8Cl2OSi3/c3-7-2-1-5-6-8(7)4/h7-8H,1-2,6H2. The first kappa shape index (κ1) is 7.30. The van der Waals surface area contributed by atoms with Crippen molar-refractivity contribution in [3.05, 3.63) is 0 Å². The molecule has 0 bridgehead atoms. The summed E-state index contributed by atoms with van der Waals surface area (Å²) in [5.41, 5.74) is 0. The molecule has 1 nitrogen and oxygen atoms in total. The summed E-state index contributed by atoms with van der Waals surface area (Å²) in [4.78, 5) is 0. The molecule has 1 heterocycles. The summed E-state index contributed by atoms with van der Waals surface area (Å²) in [6, 6.07) is 1.12. The van der Waals surface area contributed by atoms with Crippen LogP contribution in [0, 0.1) is 0 Å². The molecule has 48 valence electrons. The van der Waals surface area contributed by atoms with Crippen LogP contribution in [0.3, 0.4) is 0 Å². The van der Waals surface area contributed by atoms with Crippen LogP contribution in [0.5, 0.6) is 0 Å². The van der Waals surface area contributed by atoms with E-state index < -0.39 is 14.8 Å². The number of hydrogen-bond acceptors (Lipinski definition) is 1. The van der Waals surface area contributed by atoms with E-state index in [1.165, 1.54) is 0 Å². The second-order valence-corrected chi connectivity index (χ2v) is 24.0. The molecule has 2 unspecified atom stereocenters. The molecule has 0 aliphatic carbocycles. The molecular formula is C2H8Cl2OSi3. The van der Waals surface area contributed by atoms with Crippen LogP contribution in [-0.2, 0) is 4.43 Å². The quantitative estimate of drug-likeness (QED) is 0.384. The zero-order chi connectivity index (χ0) is 5.98. The Kier molecular flexibility index (Phi) is 3.09. The molecule has 2 atom stereocenters. The average molecular weight is 203 g/mol. The van der Waals surface area contributed by atoms with Crippen molar-refractivity contribution >= 4 is 46.2 Å². The van der Waals surface area contributed by atoms with E-state index in [4.69, 9.17) is 26.6 Å². The Labute approximate surface area is 63.5 Å². The minimum Gasteiger partial charge on any atom is -0.427 e. The molecule has 6 heteroatoms. The van der Waals surface area contributed by atoms with Crippen molar-refractivity contribution in [1.82, 2.24) is 0 Å². The van der Waals surface area contributed by atoms with Gasteiger partial charge in [0.15, 0.2) is 16.4 Å². The Morgan fingerprint density at radius 3 is 2.62 bits per heavy atom. The summed E-state index contributed by atoms with van der Waals surface area (Å²) in [6.07, 6.45) is 0. The Morgan fingerprint density at radius 2 is 2.25 bits per heavy atom. The van der Waals surface area contributed by atoms with E-state index >= 15 is 0 Å². The summed E-state index contributed by atoms with van der Waals surface area (Å²) in [5.74, 6) is 0. The second-order valence-electron chi connectivity index (χ2n) is 1.90. The highest BCUT2D eigenvalue weighted by Gasteiger charge is 2.25. The van der Waals surface area contributed by atoms with Crippen LogP contribution in [-0.4, -0.2) is 30.7 Å². The molecule has 1 saturated heterocycles. The Hall–Kier alpha value is 1.19. The topological polar surface area (TPSA) is 9.23 Å². The van der Waals surface area contributed by atoms with Crippen molar-refractivity contribution in [3.63, 3.8) is 0 Å². The van der Waals surface area contributed by atoms with Gasteiger partial charge >= 0.3 is 0 Å². The van der Waals surface area contributed by atoms with Crippen molar-refractivity contribution in [2.45, 2.75) is 6.04 Å². The van der Waals surface area contributed by atoms with Crippen LogP contribution in [0.25, 0.3) is 0 Å². The minimum absolute atomic E-state index is 0.280. The van der Waals surface area contributed by atoms with E-state index in [0.717, 1.165) is 12.7 Å². The molecule has 0 spiro atoms. The van der Waals surface area contributed by atoms with E-state index in [9.17, 15) is 0 Å². The number of rotatable bonds is 0. The zero-order valence-corrected chi connectivity index (χ0v) is 9.68. The van der Waals surface area contributed by atoms with Gasteiger partial charge in [-0.3, -0.25) is 0 Å². The minimum atomic E-state index is -0.895. The van der Waals surface area contributed by atoms with Crippen LogP contribution < -0.4 is 0 Å². The fourth-order valence-corrected chi connectivity index (χ4v) is 15.2. The smallest absolute Gasteiger partial charge is 0.163 e. The molecule has 8 heavy (non-hydrogen) atoms. The fourth-order valence-electron chi connectivity index (χ4n) is 0.677. The average Bonchev–Trinajstić information content (AvgIpc) is 1.77. The third kappa shape index (κ3) is 1.85. The van der Waals surface area contributed by atoms with Gasteiger partial charge in [-0.15, -0.1) is 0 Å². The summed E-state index contributed by atoms with van der Waals surface area (Å²) in [7, 11) is -2.05. The number of halogens is 2. The van der Waals surface area contributed by atoms with Crippen molar-refractivity contribution in [2.75, 3.05) is 6.61 Å². The maximum Gasteiger partial charge on any atom is 0.163 e. The highest BCUT2D eigenvalue weighted by atomic mass is 35.6. The summed E-state index contributed by atoms with van der Waals surface area (Å²) in [5, 5.41) is 0. The molecule has 1 aliphatic heterocycles. The number of hydrogen-bond donors (Lipinski definition) is 0. The van der Waals surface area contributed by atoms with Crippen LogP contribution in [0.2, 0.25) is 6.04 Å². The van der Waals surface area contributed by atoms with Gasteiger partial charge in [-0.25, -0.2) is 0 Å². The maximum absolute atomic E-state index is 5.99. The van der Waals surface area contributed by atoms with Gasteiger partial charge in [-0.2, -0.15) is 22.2 Å². The second kappa shape index (κ2) is 3.38. The van der Waals surface area contributed by atoms with Crippen molar-refractivity contribution < 1.29 is 4.43 Å². The normalized spacial score (nSPS) is 42.8. The van der Waals surface area contributed by atoms with Gasteiger partial charge in [0.1, 0.15) is 7.62 Å². The summed E-state index contributed by atoms with van der Waals surface area (Å²) >= 11 is 12.0. The third-order valence-corrected chi connectivity index (χ3v) is 26.6. The lowest BCUT2D eigenvalue weighted by atomic mass is 10.9. The Bertz CT molecular complexity index is 71.7. The van der Waals surface area contributed by atoms with Crippen LogP contribution >= 0.6 is 22.2 Å². The molecule has 1 fully saturated rings. The fraction of sp³-hybridized carbons (Fsp3) is 1.00. The van der Waals surface area contributed by atoms with E-state index in [1.807, 2.05) is 0 Å². The molecule has 1 rings (SSSR count). The highest BCUT2D eigenvalue weighted by molar-refractivity contribution is 7.70. The molecule has 0 amide bonds. The Morgan fingerprint density at radius 1 is 1.50 bits per heavy atom. The SMILES string of the molecule is Cl[SiH]1CCO[SiH2][SiH]1Cl. The third-order valence-electron chi connectivity index (χ3n) is 1.21. The molecule has 0 aromatic carbocycles. The largest absolute Gasteiger partial charge is 0.427 e. The first-order chi connectivity index (χ1) is 3.80. The van der Waals surface area contributed by atoms with Crippen LogP contribution in [0.1, 0.15) is 0 Å². The molecule has 0 radical (unpaired) electrons. The van der Waals surface area contributed by atoms with E-state index in [-0.39, 0.29) is 9.28 Å². The van der Waals surface area contributed by atoms with Crippen molar-refractivity contribution in [2.24, 2.45) is 0 Å². The first-order valence-corrected chi connectivity index (χ1v) is 13.5. The molecule has 0 aromatic heterocycles. The van der Waals surface area contributed by atoms with Gasteiger partial charge in [0.2, 0.25) is 0 Å². The highest BCUT2D eigenvalue weighted by Crippen LogP contribution is 2.10. The van der Waals surface area contributed by atoms with E-state index in [1.54, 1.807) is 0 Å².